The zero-order valence-corrected chi connectivity index (χ0v) is 19.3. The van der Waals surface area contributed by atoms with E-state index in [1.54, 1.807) is 7.11 Å². The minimum atomic E-state index is -0.178. The molecule has 2 aliphatic carbocycles. The number of methoxy groups -OCH3 is 1. The first-order chi connectivity index (χ1) is 14.6. The number of fused-ring (bicyclic) bond motifs is 2. The first-order valence-corrected chi connectivity index (χ1v) is 12.2. The van der Waals surface area contributed by atoms with Gasteiger partial charge in [-0.2, -0.15) is 0 Å². The molecule has 1 aromatic rings. The van der Waals surface area contributed by atoms with Crippen LogP contribution in [0.15, 0.2) is 16.7 Å². The average molecular weight is 478 g/mol. The molecular formula is C23H32BrN3O3. The van der Waals surface area contributed by atoms with E-state index in [4.69, 9.17) is 9.47 Å². The summed E-state index contributed by atoms with van der Waals surface area (Å²) in [6.45, 7) is 2.93. The number of amides is 1. The number of halogens is 1. The lowest BCUT2D eigenvalue weighted by Gasteiger charge is -2.37. The SMILES string of the molecule is COC1COCCC1N[C@@H]1C[C@H]2CCC[C@@]2(C(=O)N2CCc3ncc(Br)cc3C2)C1. The lowest BCUT2D eigenvalue weighted by Crippen LogP contribution is -2.51. The Labute approximate surface area is 187 Å². The van der Waals surface area contributed by atoms with Crippen molar-refractivity contribution in [1.82, 2.24) is 15.2 Å². The number of nitrogens with zero attached hydrogens (tertiary/aromatic N) is 2. The molecule has 2 saturated carbocycles. The van der Waals surface area contributed by atoms with Gasteiger partial charge in [-0.25, -0.2) is 0 Å². The summed E-state index contributed by atoms with van der Waals surface area (Å²) in [4.78, 5) is 20.5. The highest BCUT2D eigenvalue weighted by Crippen LogP contribution is 2.55. The van der Waals surface area contributed by atoms with Crippen LogP contribution < -0.4 is 5.32 Å². The van der Waals surface area contributed by atoms with E-state index >= 15 is 0 Å². The van der Waals surface area contributed by atoms with E-state index in [2.05, 4.69) is 37.2 Å². The Morgan fingerprint density at radius 3 is 3.20 bits per heavy atom. The van der Waals surface area contributed by atoms with Crippen molar-refractivity contribution in [3.8, 4) is 0 Å². The van der Waals surface area contributed by atoms with Crippen molar-refractivity contribution in [2.45, 2.75) is 69.7 Å². The Morgan fingerprint density at radius 1 is 1.43 bits per heavy atom. The number of rotatable bonds is 4. The van der Waals surface area contributed by atoms with Gasteiger partial charge in [0, 0.05) is 61.7 Å². The maximum Gasteiger partial charge on any atom is 0.229 e. The Kier molecular flexibility index (Phi) is 5.90. The molecular weight excluding hydrogens is 446 g/mol. The number of carbonyl (C=O) groups is 1. The largest absolute Gasteiger partial charge is 0.379 e. The van der Waals surface area contributed by atoms with Gasteiger partial charge in [-0.15, -0.1) is 0 Å². The molecule has 6 nitrogen and oxygen atoms in total. The highest BCUT2D eigenvalue weighted by Gasteiger charge is 2.56. The highest BCUT2D eigenvalue weighted by atomic mass is 79.9. The third-order valence-electron chi connectivity index (χ3n) is 7.91. The summed E-state index contributed by atoms with van der Waals surface area (Å²) in [7, 11) is 1.77. The number of nitrogens with one attached hydrogen (secondary N) is 1. The van der Waals surface area contributed by atoms with E-state index in [1.807, 2.05) is 6.20 Å². The Morgan fingerprint density at radius 2 is 2.33 bits per heavy atom. The van der Waals surface area contributed by atoms with Gasteiger partial charge in [0.15, 0.2) is 0 Å². The van der Waals surface area contributed by atoms with Crippen LogP contribution in [0.4, 0.5) is 0 Å². The Bertz CT molecular complexity index is 806. The molecule has 0 aromatic carbocycles. The van der Waals surface area contributed by atoms with Crippen LogP contribution in [0.1, 0.15) is 49.8 Å². The maximum atomic E-state index is 13.9. The van der Waals surface area contributed by atoms with Gasteiger partial charge in [-0.3, -0.25) is 9.78 Å². The van der Waals surface area contributed by atoms with Crippen LogP contribution in [0.3, 0.4) is 0 Å². The molecule has 0 bridgehead atoms. The average Bonchev–Trinajstić information content (AvgIpc) is 3.31. The number of ether oxygens (including phenoxy) is 2. The van der Waals surface area contributed by atoms with Gasteiger partial charge >= 0.3 is 0 Å². The molecule has 5 atom stereocenters. The van der Waals surface area contributed by atoms with Crippen molar-refractivity contribution in [3.63, 3.8) is 0 Å². The van der Waals surface area contributed by atoms with Gasteiger partial charge in [-0.05, 0) is 65.6 Å². The molecule has 2 aliphatic heterocycles. The van der Waals surface area contributed by atoms with Crippen LogP contribution in [0.5, 0.6) is 0 Å². The molecule has 1 aromatic heterocycles. The number of hydrogen-bond donors (Lipinski definition) is 1. The number of carbonyl (C=O) groups excluding carboxylic acids is 1. The molecule has 0 radical (unpaired) electrons. The smallest absolute Gasteiger partial charge is 0.229 e. The van der Waals surface area contributed by atoms with Crippen LogP contribution in [0, 0.1) is 11.3 Å². The van der Waals surface area contributed by atoms with Gasteiger partial charge in [0.2, 0.25) is 5.91 Å². The molecule has 1 amide bonds. The van der Waals surface area contributed by atoms with Crippen molar-refractivity contribution in [1.29, 1.82) is 0 Å². The summed E-state index contributed by atoms with van der Waals surface area (Å²) < 4.78 is 12.2. The van der Waals surface area contributed by atoms with Crippen molar-refractivity contribution < 1.29 is 14.3 Å². The molecule has 3 heterocycles. The summed E-state index contributed by atoms with van der Waals surface area (Å²) in [5, 5.41) is 3.86. The Balaban J connectivity index is 1.30. The second-order valence-electron chi connectivity index (χ2n) is 9.53. The molecule has 3 fully saturated rings. The quantitative estimate of drug-likeness (QED) is 0.721. The molecule has 0 spiro atoms. The molecule has 4 aliphatic rings. The first-order valence-electron chi connectivity index (χ1n) is 11.4. The maximum absolute atomic E-state index is 13.9. The summed E-state index contributed by atoms with van der Waals surface area (Å²) in [5.74, 6) is 0.889. The van der Waals surface area contributed by atoms with Crippen LogP contribution >= 0.6 is 15.9 Å². The molecule has 1 saturated heterocycles. The molecule has 30 heavy (non-hydrogen) atoms. The lowest BCUT2D eigenvalue weighted by atomic mass is 9.78. The first kappa shape index (κ1) is 20.9. The van der Waals surface area contributed by atoms with Gasteiger partial charge in [0.05, 0.1) is 18.1 Å². The van der Waals surface area contributed by atoms with Gasteiger partial charge in [-0.1, -0.05) is 6.42 Å². The lowest BCUT2D eigenvalue weighted by molar-refractivity contribution is -0.144. The zero-order chi connectivity index (χ0) is 20.7. The fraction of sp³-hybridized carbons (Fsp3) is 0.739. The van der Waals surface area contributed by atoms with E-state index in [0.29, 0.717) is 37.1 Å². The van der Waals surface area contributed by atoms with E-state index in [9.17, 15) is 4.79 Å². The fourth-order valence-corrected chi connectivity index (χ4v) is 6.82. The second-order valence-corrected chi connectivity index (χ2v) is 10.4. The summed E-state index contributed by atoms with van der Waals surface area (Å²) in [5.41, 5.74) is 2.15. The van der Waals surface area contributed by atoms with Crippen molar-refractivity contribution in [2.24, 2.45) is 11.3 Å². The minimum absolute atomic E-state index is 0.107. The number of hydrogen-bond acceptors (Lipinski definition) is 5. The standard InChI is InChI=1S/C23H32BrN3O3/c1-29-21-14-30-8-5-20(21)26-18-10-16-3-2-6-23(16,11-18)22(28)27-7-4-19-15(13-27)9-17(24)12-25-19/h9,12,16,18,20-21,26H,2-8,10-11,13-14H2,1H3/t16-,18-,20?,21?,23-/m1/s1. The molecule has 2 unspecified atom stereocenters. The van der Waals surface area contributed by atoms with E-state index < -0.39 is 0 Å². The predicted octanol–water partition coefficient (Wildman–Crippen LogP) is 3.07. The number of pyridine rings is 1. The van der Waals surface area contributed by atoms with E-state index in [-0.39, 0.29) is 11.5 Å². The normalized spacial score (nSPS) is 35.9. The van der Waals surface area contributed by atoms with Crippen LogP contribution in [-0.2, 0) is 27.2 Å². The van der Waals surface area contributed by atoms with Crippen molar-refractivity contribution >= 4 is 21.8 Å². The molecule has 5 rings (SSSR count). The summed E-state index contributed by atoms with van der Waals surface area (Å²) in [6, 6.07) is 2.85. The fourth-order valence-electron chi connectivity index (χ4n) is 6.44. The third-order valence-corrected chi connectivity index (χ3v) is 8.35. The molecule has 164 valence electrons. The van der Waals surface area contributed by atoms with Crippen LogP contribution in [0.2, 0.25) is 0 Å². The van der Waals surface area contributed by atoms with Gasteiger partial charge in [0.25, 0.3) is 0 Å². The van der Waals surface area contributed by atoms with Crippen LogP contribution in [-0.4, -0.2) is 60.8 Å². The molecule has 7 heteroatoms. The van der Waals surface area contributed by atoms with E-state index in [1.165, 1.54) is 18.4 Å². The second kappa shape index (κ2) is 8.49. The predicted molar refractivity (Wildman–Crippen MR) is 117 cm³/mol. The summed E-state index contributed by atoms with van der Waals surface area (Å²) in [6.07, 6.45) is 9.27. The number of aromatic nitrogens is 1. The third kappa shape index (κ3) is 3.72. The van der Waals surface area contributed by atoms with Gasteiger partial charge in [0.1, 0.15) is 0 Å². The van der Waals surface area contributed by atoms with Crippen molar-refractivity contribution in [3.05, 3.63) is 28.0 Å². The monoisotopic (exact) mass is 477 g/mol. The van der Waals surface area contributed by atoms with E-state index in [0.717, 1.165) is 55.4 Å². The highest BCUT2D eigenvalue weighted by molar-refractivity contribution is 9.10. The molecule has 1 N–H and O–H groups in total. The van der Waals surface area contributed by atoms with Crippen molar-refractivity contribution in [2.75, 3.05) is 26.9 Å². The van der Waals surface area contributed by atoms with Gasteiger partial charge < -0.3 is 19.7 Å². The zero-order valence-electron chi connectivity index (χ0n) is 17.7. The topological polar surface area (TPSA) is 63.7 Å². The van der Waals surface area contributed by atoms with Crippen LogP contribution in [0.25, 0.3) is 0 Å². The summed E-state index contributed by atoms with van der Waals surface area (Å²) >= 11 is 3.53. The minimum Gasteiger partial charge on any atom is -0.379 e. The Hall–Kier alpha value is -1.02.